The molecule has 1 aliphatic heterocycles. The summed E-state index contributed by atoms with van der Waals surface area (Å²) in [5.41, 5.74) is 5.05. The molecule has 2 N–H and O–H groups in total. The van der Waals surface area contributed by atoms with Crippen LogP contribution in [0.2, 0.25) is 0 Å². The molecule has 1 heterocycles. The highest BCUT2D eigenvalue weighted by Crippen LogP contribution is 2.36. The molecule has 0 bridgehead atoms. The lowest BCUT2D eigenvalue weighted by Gasteiger charge is -2.44. The topological polar surface area (TPSA) is 46.3 Å². The molecule has 2 atom stereocenters. The maximum absolute atomic E-state index is 14.2. The number of alkyl halides is 1. The van der Waals surface area contributed by atoms with Gasteiger partial charge in [0.1, 0.15) is 11.7 Å². The van der Waals surface area contributed by atoms with Crippen LogP contribution in [0.3, 0.4) is 0 Å². The molecule has 2 amide bonds. The Morgan fingerprint density at radius 2 is 2.12 bits per heavy atom. The zero-order valence-electron chi connectivity index (χ0n) is 9.64. The molecule has 1 aromatic carbocycles. The van der Waals surface area contributed by atoms with Gasteiger partial charge in [-0.1, -0.05) is 42.5 Å². The van der Waals surface area contributed by atoms with E-state index in [2.05, 4.69) is 0 Å². The van der Waals surface area contributed by atoms with Crippen LogP contribution in [0.5, 0.6) is 0 Å². The van der Waals surface area contributed by atoms with E-state index in [4.69, 9.17) is 5.73 Å². The number of primary amides is 1. The summed E-state index contributed by atoms with van der Waals surface area (Å²) in [6.45, 7) is 2.03. The molecule has 0 saturated carbocycles. The van der Waals surface area contributed by atoms with Crippen molar-refractivity contribution in [2.24, 2.45) is 5.73 Å². The van der Waals surface area contributed by atoms with Gasteiger partial charge in [0.05, 0.1) is 0 Å². The standard InChI is InChI=1S/C13H15FN2O/c1-13(10-6-3-2-4-7-10)11(14)8-5-9-16(13)12(15)17/h2-8,11H,9H2,1H3,(H2,15,17). The number of benzene rings is 1. The predicted molar refractivity (Wildman–Crippen MR) is 64.1 cm³/mol. The minimum Gasteiger partial charge on any atom is -0.351 e. The quantitative estimate of drug-likeness (QED) is 0.744. The fraction of sp³-hybridized carbons (Fsp3) is 0.308. The van der Waals surface area contributed by atoms with Crippen LogP contribution in [0.4, 0.5) is 9.18 Å². The number of carbonyl (C=O) groups excluding carboxylic acids is 1. The molecule has 0 spiro atoms. The van der Waals surface area contributed by atoms with E-state index >= 15 is 0 Å². The van der Waals surface area contributed by atoms with Crippen LogP contribution >= 0.6 is 0 Å². The van der Waals surface area contributed by atoms with E-state index in [0.29, 0.717) is 6.54 Å². The molecule has 4 heteroatoms. The van der Waals surface area contributed by atoms with Gasteiger partial charge in [0, 0.05) is 6.54 Å². The van der Waals surface area contributed by atoms with Crippen molar-refractivity contribution in [3.63, 3.8) is 0 Å². The van der Waals surface area contributed by atoms with Crippen LogP contribution in [-0.4, -0.2) is 23.6 Å². The second kappa shape index (κ2) is 4.20. The lowest BCUT2D eigenvalue weighted by atomic mass is 9.83. The molecular weight excluding hydrogens is 219 g/mol. The maximum atomic E-state index is 14.2. The first kappa shape index (κ1) is 11.6. The van der Waals surface area contributed by atoms with Crippen LogP contribution in [0.1, 0.15) is 12.5 Å². The lowest BCUT2D eigenvalue weighted by Crippen LogP contribution is -2.56. The molecule has 2 unspecified atom stereocenters. The van der Waals surface area contributed by atoms with Gasteiger partial charge in [-0.15, -0.1) is 0 Å². The first-order chi connectivity index (χ1) is 8.06. The smallest absolute Gasteiger partial charge is 0.315 e. The molecule has 90 valence electrons. The first-order valence-corrected chi connectivity index (χ1v) is 5.50. The number of carbonyl (C=O) groups is 1. The number of rotatable bonds is 1. The molecule has 1 aromatic rings. The Labute approximate surface area is 99.7 Å². The van der Waals surface area contributed by atoms with Crippen molar-refractivity contribution >= 4 is 6.03 Å². The second-order valence-corrected chi connectivity index (χ2v) is 4.29. The number of urea groups is 1. The van der Waals surface area contributed by atoms with Gasteiger partial charge in [0.2, 0.25) is 0 Å². The zero-order chi connectivity index (χ0) is 12.5. The lowest BCUT2D eigenvalue weighted by molar-refractivity contribution is 0.0737. The summed E-state index contributed by atoms with van der Waals surface area (Å²) in [6, 6.07) is 8.51. The highest BCUT2D eigenvalue weighted by molar-refractivity contribution is 5.74. The molecule has 0 aromatic heterocycles. The number of hydrogen-bond donors (Lipinski definition) is 1. The minimum atomic E-state index is -1.26. The second-order valence-electron chi connectivity index (χ2n) is 4.29. The third-order valence-electron chi connectivity index (χ3n) is 3.31. The molecule has 17 heavy (non-hydrogen) atoms. The average Bonchev–Trinajstić information content (AvgIpc) is 2.33. The first-order valence-electron chi connectivity index (χ1n) is 5.50. The van der Waals surface area contributed by atoms with Gasteiger partial charge in [0.15, 0.2) is 0 Å². The average molecular weight is 234 g/mol. The van der Waals surface area contributed by atoms with Crippen molar-refractivity contribution < 1.29 is 9.18 Å². The molecule has 0 saturated heterocycles. The molecule has 1 aliphatic rings. The third-order valence-corrected chi connectivity index (χ3v) is 3.31. The Kier molecular flexibility index (Phi) is 2.88. The summed E-state index contributed by atoms with van der Waals surface area (Å²) in [4.78, 5) is 12.8. The Morgan fingerprint density at radius 1 is 1.47 bits per heavy atom. The summed E-state index contributed by atoms with van der Waals surface area (Å²) in [5, 5.41) is 0. The summed E-state index contributed by atoms with van der Waals surface area (Å²) >= 11 is 0. The molecule has 2 rings (SSSR count). The normalized spacial score (nSPS) is 28.1. The monoisotopic (exact) mass is 234 g/mol. The van der Waals surface area contributed by atoms with Crippen LogP contribution in [0.15, 0.2) is 42.5 Å². The van der Waals surface area contributed by atoms with Gasteiger partial charge in [-0.2, -0.15) is 0 Å². The van der Waals surface area contributed by atoms with Gasteiger partial charge in [-0.25, -0.2) is 9.18 Å². The van der Waals surface area contributed by atoms with Crippen molar-refractivity contribution in [3.8, 4) is 0 Å². The Morgan fingerprint density at radius 3 is 2.71 bits per heavy atom. The molecule has 0 fully saturated rings. The van der Waals surface area contributed by atoms with E-state index in [-0.39, 0.29) is 0 Å². The fourth-order valence-corrected chi connectivity index (χ4v) is 2.22. The highest BCUT2D eigenvalue weighted by atomic mass is 19.1. The number of hydrogen-bond acceptors (Lipinski definition) is 1. The van der Waals surface area contributed by atoms with E-state index in [1.54, 1.807) is 13.0 Å². The van der Waals surface area contributed by atoms with Gasteiger partial charge < -0.3 is 10.6 Å². The fourth-order valence-electron chi connectivity index (χ4n) is 2.22. The number of nitrogens with two attached hydrogens (primary N) is 1. The van der Waals surface area contributed by atoms with E-state index in [1.165, 1.54) is 11.0 Å². The van der Waals surface area contributed by atoms with Crippen LogP contribution in [-0.2, 0) is 5.54 Å². The maximum Gasteiger partial charge on any atom is 0.315 e. The van der Waals surface area contributed by atoms with Gasteiger partial charge in [-0.3, -0.25) is 0 Å². The van der Waals surface area contributed by atoms with Crippen molar-refractivity contribution in [2.75, 3.05) is 6.54 Å². The van der Waals surface area contributed by atoms with Crippen LogP contribution in [0, 0.1) is 0 Å². The van der Waals surface area contributed by atoms with Crippen LogP contribution in [0.25, 0.3) is 0 Å². The van der Waals surface area contributed by atoms with Crippen molar-refractivity contribution in [2.45, 2.75) is 18.6 Å². The van der Waals surface area contributed by atoms with E-state index < -0.39 is 17.7 Å². The number of amides is 2. The number of halogens is 1. The summed E-state index contributed by atoms with van der Waals surface area (Å²) < 4.78 is 14.2. The Balaban J connectivity index is 2.50. The van der Waals surface area contributed by atoms with Crippen molar-refractivity contribution in [3.05, 3.63) is 48.0 Å². The SMILES string of the molecule is CC1(c2ccccc2)C(F)C=CCN1C(N)=O. The van der Waals surface area contributed by atoms with Gasteiger partial charge >= 0.3 is 6.03 Å². The summed E-state index contributed by atoms with van der Waals surface area (Å²) in [5.74, 6) is 0. The molecule has 3 nitrogen and oxygen atoms in total. The minimum absolute atomic E-state index is 0.334. The zero-order valence-corrected chi connectivity index (χ0v) is 9.64. The molecular formula is C13H15FN2O. The number of nitrogens with zero attached hydrogens (tertiary/aromatic N) is 1. The molecule has 0 radical (unpaired) electrons. The Bertz CT molecular complexity index is 446. The third kappa shape index (κ3) is 1.79. The van der Waals surface area contributed by atoms with Gasteiger partial charge in [0.25, 0.3) is 0 Å². The van der Waals surface area contributed by atoms with E-state index in [0.717, 1.165) is 5.56 Å². The van der Waals surface area contributed by atoms with E-state index in [9.17, 15) is 9.18 Å². The van der Waals surface area contributed by atoms with E-state index in [1.807, 2.05) is 30.3 Å². The highest BCUT2D eigenvalue weighted by Gasteiger charge is 2.44. The predicted octanol–water partition coefficient (Wildman–Crippen LogP) is 2.19. The van der Waals surface area contributed by atoms with Crippen molar-refractivity contribution in [1.29, 1.82) is 0 Å². The van der Waals surface area contributed by atoms with Crippen molar-refractivity contribution in [1.82, 2.24) is 4.90 Å². The summed E-state index contributed by atoms with van der Waals surface area (Å²) in [6.07, 6.45) is 1.85. The van der Waals surface area contributed by atoms with Crippen LogP contribution < -0.4 is 5.73 Å². The van der Waals surface area contributed by atoms with Gasteiger partial charge in [-0.05, 0) is 12.5 Å². The largest absolute Gasteiger partial charge is 0.351 e. The summed E-state index contributed by atoms with van der Waals surface area (Å²) in [7, 11) is 0. The Hall–Kier alpha value is -1.84. The molecule has 0 aliphatic carbocycles.